The smallest absolute Gasteiger partial charge is 0.258 e. The van der Waals surface area contributed by atoms with Crippen molar-refractivity contribution in [2.75, 3.05) is 6.61 Å². The molecule has 0 radical (unpaired) electrons. The number of amides is 1. The fourth-order valence-corrected chi connectivity index (χ4v) is 3.58. The van der Waals surface area contributed by atoms with Gasteiger partial charge in [-0.25, -0.2) is 4.68 Å². The van der Waals surface area contributed by atoms with Crippen LogP contribution in [0.1, 0.15) is 41.6 Å². The molecule has 4 rings (SSSR count). The number of ketones is 1. The zero-order valence-electron chi connectivity index (χ0n) is 16.1. The molecule has 0 bridgehead atoms. The number of carbonyl (C=O) groups excluding carboxylic acids is 2. The maximum Gasteiger partial charge on any atom is 0.258 e. The van der Waals surface area contributed by atoms with Crippen LogP contribution in [0, 0.1) is 0 Å². The molecule has 1 heterocycles. The van der Waals surface area contributed by atoms with Crippen molar-refractivity contribution < 1.29 is 14.3 Å². The van der Waals surface area contributed by atoms with Crippen LogP contribution in [0.4, 0.5) is 0 Å². The highest BCUT2D eigenvalue weighted by Crippen LogP contribution is 2.22. The van der Waals surface area contributed by atoms with Gasteiger partial charge in [-0.05, 0) is 37.1 Å². The Morgan fingerprint density at radius 1 is 1.03 bits per heavy atom. The quantitative estimate of drug-likeness (QED) is 0.628. The number of hydrogen-bond donors (Lipinski definition) is 1. The van der Waals surface area contributed by atoms with E-state index >= 15 is 0 Å². The number of benzene rings is 2. The van der Waals surface area contributed by atoms with E-state index in [9.17, 15) is 9.59 Å². The summed E-state index contributed by atoms with van der Waals surface area (Å²) in [4.78, 5) is 25.2. The van der Waals surface area contributed by atoms with Crippen molar-refractivity contribution in [2.24, 2.45) is 0 Å². The zero-order chi connectivity index (χ0) is 20.1. The molecule has 1 aliphatic carbocycles. The average Bonchev–Trinajstić information content (AvgIpc) is 3.45. The summed E-state index contributed by atoms with van der Waals surface area (Å²) in [6.45, 7) is -0.107. The third kappa shape index (κ3) is 4.54. The summed E-state index contributed by atoms with van der Waals surface area (Å²) < 4.78 is 7.34. The number of nitrogens with one attached hydrogen (secondary N) is 1. The lowest BCUT2D eigenvalue weighted by Gasteiger charge is -2.13. The minimum absolute atomic E-state index is 0.107. The highest BCUT2D eigenvalue weighted by molar-refractivity contribution is 6.10. The molecule has 3 aromatic rings. The molecule has 0 unspecified atom stereocenters. The Balaban J connectivity index is 1.45. The van der Waals surface area contributed by atoms with E-state index in [1.807, 2.05) is 30.3 Å². The lowest BCUT2D eigenvalue weighted by Crippen LogP contribution is -2.36. The molecule has 1 saturated carbocycles. The maximum absolute atomic E-state index is 13.0. The van der Waals surface area contributed by atoms with E-state index in [-0.39, 0.29) is 24.3 Å². The summed E-state index contributed by atoms with van der Waals surface area (Å²) in [5, 5.41) is 7.27. The Hall–Kier alpha value is -3.41. The second-order valence-electron chi connectivity index (χ2n) is 7.17. The van der Waals surface area contributed by atoms with Crippen LogP contribution in [-0.4, -0.2) is 34.1 Å². The molecule has 1 amide bonds. The van der Waals surface area contributed by atoms with Gasteiger partial charge in [-0.15, -0.1) is 0 Å². The number of ether oxygens (including phenoxy) is 1. The number of rotatable bonds is 7. The van der Waals surface area contributed by atoms with Crippen molar-refractivity contribution in [3.63, 3.8) is 0 Å². The van der Waals surface area contributed by atoms with Crippen molar-refractivity contribution in [3.8, 4) is 11.4 Å². The molecule has 2 aromatic carbocycles. The zero-order valence-corrected chi connectivity index (χ0v) is 16.1. The predicted molar refractivity (Wildman–Crippen MR) is 109 cm³/mol. The van der Waals surface area contributed by atoms with E-state index in [0.29, 0.717) is 16.9 Å². The molecular formula is C23H23N3O3. The fourth-order valence-electron chi connectivity index (χ4n) is 3.58. The number of nitrogens with zero attached hydrogens (tertiary/aromatic N) is 2. The van der Waals surface area contributed by atoms with Crippen molar-refractivity contribution in [1.82, 2.24) is 15.1 Å². The molecule has 1 aromatic heterocycles. The van der Waals surface area contributed by atoms with Crippen LogP contribution >= 0.6 is 0 Å². The fraction of sp³-hybridized carbons (Fsp3) is 0.261. The van der Waals surface area contributed by atoms with Gasteiger partial charge >= 0.3 is 0 Å². The van der Waals surface area contributed by atoms with Crippen LogP contribution < -0.4 is 10.1 Å². The Morgan fingerprint density at radius 3 is 2.55 bits per heavy atom. The predicted octanol–water partition coefficient (Wildman–Crippen LogP) is 3.54. The van der Waals surface area contributed by atoms with Gasteiger partial charge in [-0.2, -0.15) is 5.10 Å². The minimum Gasteiger partial charge on any atom is -0.483 e. The lowest BCUT2D eigenvalue weighted by molar-refractivity contribution is -0.123. The van der Waals surface area contributed by atoms with Gasteiger partial charge in [0, 0.05) is 12.2 Å². The molecule has 1 aliphatic rings. The van der Waals surface area contributed by atoms with Gasteiger partial charge in [0.1, 0.15) is 5.75 Å². The topological polar surface area (TPSA) is 73.2 Å². The van der Waals surface area contributed by atoms with E-state index in [2.05, 4.69) is 10.4 Å². The summed E-state index contributed by atoms with van der Waals surface area (Å²) in [6, 6.07) is 16.8. The van der Waals surface area contributed by atoms with Crippen molar-refractivity contribution in [1.29, 1.82) is 0 Å². The monoisotopic (exact) mass is 389 g/mol. The van der Waals surface area contributed by atoms with E-state index in [1.165, 1.54) is 0 Å². The standard InChI is InChI=1S/C23H23N3O3/c27-22(25-18-8-4-5-9-18)16-29-21-13-7-6-12-20(21)23(28)17-14-24-26(15-17)19-10-2-1-3-11-19/h1-3,6-7,10-15,18H,4-5,8-9,16H2,(H,25,27). The molecule has 0 aliphatic heterocycles. The van der Waals surface area contributed by atoms with Crippen LogP contribution in [0.5, 0.6) is 5.75 Å². The minimum atomic E-state index is -0.195. The van der Waals surface area contributed by atoms with Gasteiger partial charge < -0.3 is 10.1 Å². The first-order valence-corrected chi connectivity index (χ1v) is 9.87. The normalized spacial score (nSPS) is 13.9. The summed E-state index contributed by atoms with van der Waals surface area (Å²) >= 11 is 0. The van der Waals surface area contributed by atoms with E-state index < -0.39 is 0 Å². The van der Waals surface area contributed by atoms with Crippen LogP contribution in [0.2, 0.25) is 0 Å². The highest BCUT2D eigenvalue weighted by Gasteiger charge is 2.19. The van der Waals surface area contributed by atoms with Crippen molar-refractivity contribution in [2.45, 2.75) is 31.7 Å². The molecule has 0 spiro atoms. The van der Waals surface area contributed by atoms with Gasteiger partial charge in [0.15, 0.2) is 12.4 Å². The Morgan fingerprint density at radius 2 is 1.76 bits per heavy atom. The SMILES string of the molecule is O=C(COc1ccccc1C(=O)c1cnn(-c2ccccc2)c1)NC1CCCC1. The Bertz CT molecular complexity index is 991. The third-order valence-corrected chi connectivity index (χ3v) is 5.08. The van der Waals surface area contributed by atoms with Crippen LogP contribution in [0.3, 0.4) is 0 Å². The maximum atomic E-state index is 13.0. The number of carbonyl (C=O) groups is 2. The highest BCUT2D eigenvalue weighted by atomic mass is 16.5. The Kier molecular flexibility index (Phi) is 5.70. The average molecular weight is 389 g/mol. The number of aromatic nitrogens is 2. The Labute approximate surface area is 169 Å². The molecular weight excluding hydrogens is 366 g/mol. The van der Waals surface area contributed by atoms with Crippen molar-refractivity contribution in [3.05, 3.63) is 78.1 Å². The molecule has 0 atom stereocenters. The summed E-state index contributed by atoms with van der Waals surface area (Å²) in [6.07, 6.45) is 7.58. The van der Waals surface area contributed by atoms with Gasteiger partial charge in [-0.1, -0.05) is 43.2 Å². The van der Waals surface area contributed by atoms with Gasteiger partial charge in [-0.3, -0.25) is 9.59 Å². The molecule has 6 nitrogen and oxygen atoms in total. The molecule has 0 saturated heterocycles. The second kappa shape index (κ2) is 8.73. The number of para-hydroxylation sites is 2. The number of hydrogen-bond acceptors (Lipinski definition) is 4. The van der Waals surface area contributed by atoms with Crippen molar-refractivity contribution >= 4 is 11.7 Å². The molecule has 29 heavy (non-hydrogen) atoms. The lowest BCUT2D eigenvalue weighted by atomic mass is 10.1. The molecule has 6 heteroatoms. The van der Waals surface area contributed by atoms with Gasteiger partial charge in [0.25, 0.3) is 5.91 Å². The molecule has 1 fully saturated rings. The second-order valence-corrected chi connectivity index (χ2v) is 7.17. The third-order valence-electron chi connectivity index (χ3n) is 5.08. The van der Waals surface area contributed by atoms with Crippen LogP contribution in [0.15, 0.2) is 67.0 Å². The summed E-state index contributed by atoms with van der Waals surface area (Å²) in [7, 11) is 0. The van der Waals surface area contributed by atoms with E-state index in [0.717, 1.165) is 31.4 Å². The van der Waals surface area contributed by atoms with E-state index in [1.54, 1.807) is 41.3 Å². The van der Waals surface area contributed by atoms with Crippen LogP contribution in [-0.2, 0) is 4.79 Å². The first-order valence-electron chi connectivity index (χ1n) is 9.87. The van der Waals surface area contributed by atoms with E-state index in [4.69, 9.17) is 4.74 Å². The largest absolute Gasteiger partial charge is 0.483 e. The first kappa shape index (κ1) is 18.9. The summed E-state index contributed by atoms with van der Waals surface area (Å²) in [5.74, 6) is 0.0431. The first-order chi connectivity index (χ1) is 14.2. The van der Waals surface area contributed by atoms with Gasteiger partial charge in [0.2, 0.25) is 0 Å². The van der Waals surface area contributed by atoms with Gasteiger partial charge in [0.05, 0.1) is 23.0 Å². The molecule has 1 N–H and O–H groups in total. The molecule has 148 valence electrons. The van der Waals surface area contributed by atoms with Crippen LogP contribution in [0.25, 0.3) is 5.69 Å². The summed E-state index contributed by atoms with van der Waals surface area (Å²) in [5.41, 5.74) is 1.74.